The number of rotatable bonds is 3. The third kappa shape index (κ3) is 2.76. The van der Waals surface area contributed by atoms with Gasteiger partial charge in [-0.25, -0.2) is 4.79 Å². The average Bonchev–Trinajstić information content (AvgIpc) is 3.11. The summed E-state index contributed by atoms with van der Waals surface area (Å²) in [5.74, 6) is 0.799. The van der Waals surface area contributed by atoms with Gasteiger partial charge in [0.25, 0.3) is 0 Å². The molecule has 3 fully saturated rings. The molecule has 0 N–H and O–H groups in total. The second-order valence-electron chi connectivity index (χ2n) is 6.23. The second-order valence-corrected chi connectivity index (χ2v) is 6.23. The zero-order chi connectivity index (χ0) is 13.9. The molecule has 2 aliphatic heterocycles. The molecule has 0 radical (unpaired) electrons. The average molecular weight is 280 g/mol. The Balaban J connectivity index is 1.59. The minimum absolute atomic E-state index is 0.109. The smallest absolute Gasteiger partial charge is 0.410 e. The van der Waals surface area contributed by atoms with Crippen LogP contribution in [-0.2, 0) is 9.53 Å². The molecule has 0 aromatic carbocycles. The molecular weight excluding hydrogens is 256 g/mol. The van der Waals surface area contributed by atoms with Gasteiger partial charge < -0.3 is 9.64 Å². The molecule has 5 heteroatoms. The second kappa shape index (κ2) is 6.02. The molecule has 1 unspecified atom stereocenters. The number of carbonyl (C=O) groups excluding carboxylic acids is 2. The zero-order valence-corrected chi connectivity index (χ0v) is 12.1. The minimum atomic E-state index is -0.332. The van der Waals surface area contributed by atoms with E-state index in [1.54, 1.807) is 4.90 Å². The Kier molecular flexibility index (Phi) is 4.13. The first kappa shape index (κ1) is 13.7. The van der Waals surface area contributed by atoms with Crippen molar-refractivity contribution >= 4 is 12.0 Å². The molecule has 1 aliphatic carbocycles. The number of likely N-dealkylation sites (tertiary alicyclic amines) is 1. The maximum Gasteiger partial charge on any atom is 0.410 e. The molecule has 1 atom stereocenters. The lowest BCUT2D eigenvalue weighted by atomic mass is 9.96. The summed E-state index contributed by atoms with van der Waals surface area (Å²) in [7, 11) is 0. The van der Waals surface area contributed by atoms with Crippen molar-refractivity contribution < 1.29 is 14.3 Å². The van der Waals surface area contributed by atoms with E-state index < -0.39 is 0 Å². The maximum atomic E-state index is 12.5. The predicted molar refractivity (Wildman–Crippen MR) is 74.2 cm³/mol. The van der Waals surface area contributed by atoms with Crippen LogP contribution in [0.25, 0.3) is 0 Å². The first-order chi connectivity index (χ1) is 9.75. The summed E-state index contributed by atoms with van der Waals surface area (Å²) in [5, 5.41) is 0. The first-order valence-electron chi connectivity index (χ1n) is 7.97. The molecule has 0 bridgehead atoms. The van der Waals surface area contributed by atoms with E-state index in [1.165, 1.54) is 25.7 Å². The van der Waals surface area contributed by atoms with Crippen LogP contribution in [0.4, 0.5) is 4.79 Å². The highest BCUT2D eigenvalue weighted by atomic mass is 16.6. The Morgan fingerprint density at radius 3 is 2.65 bits per heavy atom. The fourth-order valence-corrected chi connectivity index (χ4v) is 3.93. The summed E-state index contributed by atoms with van der Waals surface area (Å²) < 4.78 is 5.00. The van der Waals surface area contributed by atoms with E-state index in [0.29, 0.717) is 25.1 Å². The van der Waals surface area contributed by atoms with E-state index in [9.17, 15) is 9.59 Å². The van der Waals surface area contributed by atoms with Crippen molar-refractivity contribution in [3.63, 3.8) is 0 Å². The van der Waals surface area contributed by atoms with Crippen LogP contribution < -0.4 is 0 Å². The third-order valence-corrected chi connectivity index (χ3v) is 4.95. The van der Waals surface area contributed by atoms with Crippen LogP contribution in [0.3, 0.4) is 0 Å². The highest BCUT2D eigenvalue weighted by molar-refractivity contribution is 5.83. The van der Waals surface area contributed by atoms with Gasteiger partial charge in [-0.2, -0.15) is 0 Å². The lowest BCUT2D eigenvalue weighted by molar-refractivity contribution is -0.134. The summed E-state index contributed by atoms with van der Waals surface area (Å²) in [5.41, 5.74) is 0. The van der Waals surface area contributed by atoms with Crippen LogP contribution in [0.1, 0.15) is 44.9 Å². The van der Waals surface area contributed by atoms with Crippen molar-refractivity contribution in [1.82, 2.24) is 9.80 Å². The van der Waals surface area contributed by atoms with Gasteiger partial charge in [0.2, 0.25) is 5.91 Å². The summed E-state index contributed by atoms with van der Waals surface area (Å²) in [4.78, 5) is 27.7. The number of hydrogen-bond donors (Lipinski definition) is 0. The van der Waals surface area contributed by atoms with Gasteiger partial charge in [-0.05, 0) is 38.0 Å². The standard InChI is InChI=1S/C15H24N2O3/c18-14(11-16-8-4-10-20-15(16)19)17-9-3-7-13(17)12-5-1-2-6-12/h12-13H,1-11H2. The van der Waals surface area contributed by atoms with Gasteiger partial charge in [0, 0.05) is 19.1 Å². The molecule has 2 amide bonds. The molecule has 1 saturated carbocycles. The Labute approximate surface area is 120 Å². The van der Waals surface area contributed by atoms with E-state index in [1.807, 2.05) is 4.90 Å². The summed E-state index contributed by atoms with van der Waals surface area (Å²) in [6.07, 6.45) is 7.88. The van der Waals surface area contributed by atoms with Gasteiger partial charge >= 0.3 is 6.09 Å². The zero-order valence-electron chi connectivity index (χ0n) is 12.1. The van der Waals surface area contributed by atoms with Crippen LogP contribution in [0.5, 0.6) is 0 Å². The highest BCUT2D eigenvalue weighted by Gasteiger charge is 2.36. The Hall–Kier alpha value is -1.26. The maximum absolute atomic E-state index is 12.5. The molecule has 112 valence electrons. The molecule has 0 aromatic rings. The fraction of sp³-hybridized carbons (Fsp3) is 0.867. The van der Waals surface area contributed by atoms with Crippen LogP contribution >= 0.6 is 0 Å². The molecule has 3 aliphatic rings. The van der Waals surface area contributed by atoms with Crippen molar-refractivity contribution in [2.24, 2.45) is 5.92 Å². The van der Waals surface area contributed by atoms with Gasteiger partial charge in [0.15, 0.2) is 0 Å². The Bertz CT molecular complexity index is 379. The van der Waals surface area contributed by atoms with Gasteiger partial charge in [-0.3, -0.25) is 9.69 Å². The largest absolute Gasteiger partial charge is 0.449 e. The molecule has 5 nitrogen and oxygen atoms in total. The lowest BCUT2D eigenvalue weighted by Crippen LogP contribution is -2.48. The van der Waals surface area contributed by atoms with Crippen LogP contribution in [-0.4, -0.2) is 54.1 Å². The van der Waals surface area contributed by atoms with Gasteiger partial charge in [0.05, 0.1) is 6.61 Å². The quantitative estimate of drug-likeness (QED) is 0.794. The number of carbonyl (C=O) groups is 2. The molecule has 3 rings (SSSR count). The van der Waals surface area contributed by atoms with Gasteiger partial charge in [-0.15, -0.1) is 0 Å². The van der Waals surface area contributed by atoms with E-state index in [0.717, 1.165) is 25.8 Å². The molecule has 2 saturated heterocycles. The van der Waals surface area contributed by atoms with Gasteiger partial charge in [0.1, 0.15) is 6.54 Å². The van der Waals surface area contributed by atoms with E-state index in [-0.39, 0.29) is 18.5 Å². The normalized spacial score (nSPS) is 28.0. The Morgan fingerprint density at radius 1 is 1.10 bits per heavy atom. The fourth-order valence-electron chi connectivity index (χ4n) is 3.93. The third-order valence-electron chi connectivity index (χ3n) is 4.95. The van der Waals surface area contributed by atoms with E-state index in [2.05, 4.69) is 0 Å². The lowest BCUT2D eigenvalue weighted by Gasteiger charge is -2.32. The monoisotopic (exact) mass is 280 g/mol. The first-order valence-corrected chi connectivity index (χ1v) is 7.97. The molecule has 20 heavy (non-hydrogen) atoms. The van der Waals surface area contributed by atoms with Crippen molar-refractivity contribution in [2.75, 3.05) is 26.2 Å². The molecule has 0 aromatic heterocycles. The van der Waals surface area contributed by atoms with Crippen molar-refractivity contribution in [3.8, 4) is 0 Å². The summed E-state index contributed by atoms with van der Waals surface area (Å²) in [6.45, 7) is 2.19. The topological polar surface area (TPSA) is 49.9 Å². The number of cyclic esters (lactones) is 1. The van der Waals surface area contributed by atoms with Crippen molar-refractivity contribution in [1.29, 1.82) is 0 Å². The number of hydrogen-bond acceptors (Lipinski definition) is 3. The van der Waals surface area contributed by atoms with Crippen LogP contribution in [0.2, 0.25) is 0 Å². The van der Waals surface area contributed by atoms with E-state index >= 15 is 0 Å². The van der Waals surface area contributed by atoms with Crippen molar-refractivity contribution in [3.05, 3.63) is 0 Å². The van der Waals surface area contributed by atoms with Crippen molar-refractivity contribution in [2.45, 2.75) is 51.0 Å². The Morgan fingerprint density at radius 2 is 1.90 bits per heavy atom. The number of amides is 2. The molecule has 0 spiro atoms. The summed E-state index contributed by atoms with van der Waals surface area (Å²) >= 11 is 0. The summed E-state index contributed by atoms with van der Waals surface area (Å²) in [6, 6.07) is 0.422. The predicted octanol–water partition coefficient (Wildman–Crippen LogP) is 2.01. The number of ether oxygens (including phenoxy) is 1. The highest BCUT2D eigenvalue weighted by Crippen LogP contribution is 2.35. The van der Waals surface area contributed by atoms with E-state index in [4.69, 9.17) is 4.74 Å². The van der Waals surface area contributed by atoms with Crippen LogP contribution in [0, 0.1) is 5.92 Å². The van der Waals surface area contributed by atoms with Gasteiger partial charge in [-0.1, -0.05) is 12.8 Å². The molecular formula is C15H24N2O3. The SMILES string of the molecule is O=C1OCCCN1CC(=O)N1CCCC1C1CCCC1. The minimum Gasteiger partial charge on any atom is -0.449 e. The molecule has 2 heterocycles. The van der Waals surface area contributed by atoms with Crippen LogP contribution in [0.15, 0.2) is 0 Å². The number of nitrogens with zero attached hydrogens (tertiary/aromatic N) is 2.